The molecule has 0 amide bonds. The first kappa shape index (κ1) is 121. The van der Waals surface area contributed by atoms with Gasteiger partial charge in [-0.3, -0.25) is 19.9 Å². The van der Waals surface area contributed by atoms with E-state index in [2.05, 4.69) is 145 Å². The van der Waals surface area contributed by atoms with E-state index in [4.69, 9.17) is 69.6 Å². The zero-order chi connectivity index (χ0) is 83.6. The predicted octanol–water partition coefficient (Wildman–Crippen LogP) is 9.27. The van der Waals surface area contributed by atoms with Crippen molar-refractivity contribution in [2.24, 2.45) is 0 Å². The van der Waals surface area contributed by atoms with Gasteiger partial charge in [0.15, 0.2) is 60.6 Å². The van der Waals surface area contributed by atoms with Gasteiger partial charge in [0.05, 0.1) is 51.7 Å². The molecule has 113 heavy (non-hydrogen) atoms. The Morgan fingerprint density at radius 3 is 1.19 bits per heavy atom. The summed E-state index contributed by atoms with van der Waals surface area (Å²) in [7, 11) is -13.5. The van der Waals surface area contributed by atoms with Gasteiger partial charge in [-0.15, -0.1) is 11.1 Å². The third-order valence-electron chi connectivity index (χ3n) is 11.9. The number of carboxylic acids is 1. The average Bonchev–Trinajstić information content (AvgIpc) is 0.776. The van der Waals surface area contributed by atoms with E-state index in [0.717, 1.165) is 61.9 Å². The third kappa shape index (κ3) is 69.9. The number of aromatic hydroxyl groups is 2. The molecule has 0 saturated carbocycles. The second-order valence-corrected chi connectivity index (χ2v) is 55.0. The fourth-order valence-electron chi connectivity index (χ4n) is 6.42. The van der Waals surface area contributed by atoms with Crippen molar-refractivity contribution in [2.45, 2.75) is 182 Å². The van der Waals surface area contributed by atoms with Gasteiger partial charge in [0.25, 0.3) is 20.0 Å². The Kier molecular flexibility index (Phi) is 75.4. The zero-order valence-electron chi connectivity index (χ0n) is 70.7. The number of carboxylic acid groups (broad SMARTS) is 1. The van der Waals surface area contributed by atoms with E-state index < -0.39 is 89.3 Å². The minimum Gasteiger partial charge on any atom is -0.855 e. The Balaban J connectivity index is -0.000000229. The summed E-state index contributed by atoms with van der Waals surface area (Å²) in [5.74, 6) is 3.28. The Hall–Kier alpha value is -4.87. The van der Waals surface area contributed by atoms with E-state index in [1.807, 2.05) is 19.1 Å². The van der Waals surface area contributed by atoms with Gasteiger partial charge in [-0.05, 0) is 92.6 Å². The van der Waals surface area contributed by atoms with E-state index in [1.165, 1.54) is 97.2 Å². The summed E-state index contributed by atoms with van der Waals surface area (Å²) in [5, 5.41) is 35.4. The van der Waals surface area contributed by atoms with Crippen molar-refractivity contribution in [1.29, 1.82) is 0 Å². The molecule has 0 spiro atoms. The molecule has 7 rings (SSSR count). The number of sulfonamides is 2. The van der Waals surface area contributed by atoms with E-state index in [0.29, 0.717) is 44.2 Å². The van der Waals surface area contributed by atoms with Gasteiger partial charge in [-0.25, -0.2) is 31.0 Å². The summed E-state index contributed by atoms with van der Waals surface area (Å²) in [6, 6.07) is 29.4. The number of benzene rings is 2. The molecule has 0 aliphatic carbocycles. The monoisotopic (exact) mass is 1710 g/mol. The Morgan fingerprint density at radius 2 is 0.850 bits per heavy atom. The average molecular weight is 1710 g/mol. The molecule has 0 aliphatic heterocycles. The van der Waals surface area contributed by atoms with Gasteiger partial charge < -0.3 is 74.9 Å². The maximum Gasteiger partial charge on any atom is 1.00 e. The summed E-state index contributed by atoms with van der Waals surface area (Å²) < 4.78 is 121. The number of nitrogens with zero attached hydrogens (tertiary/aromatic N) is 6. The molecule has 2 aromatic carbocycles. The standard InChI is InChI=1S/C13H23NO3Si.C12H10FNO4S2.C11H18FNO2Si.C11H19NO2Si.C8H9NO4.C6H15ClOSi.C5H5NO.2C4H9.C2H5O.CH4.2Li.Na/c1-5-16-12-6-7-14-10-13(12)17-11-15-8-9-18(2,3)4;13-14(19(15,16)11-7-3-1-4-8-11)20(17,18)12-9-5-2-6-10-12;1-16(2,3)7-6-14-9-15-11-8-13-5-4-10(11)12;1-15(2,3)8-7-13-10-14-11-5-4-6-12-9-11;1-2-13-5-3-4-9-6(7(5)10)8(11)12;1-9(2,3)5-4-8-6-7;7-5-2-1-3-6-4-5;2*1-4(2)3;1-2-3;;;;/h6-7,10H,5,8-9,11H2,1-4H3;1-10H;4-5,8H,6-7,9H2,1-3H3;4-6,9H,7-8,10H2,1-3H3;3-4,10H,2H2,1H3,(H,11,12);4-6H2,1-3H3;1-4,7H;2*1-3H3;2H2,1H3;1H4;;;/q;;;;;;;3*-1;;3*+1. The number of alkyl halides is 1. The molecule has 36 heteroatoms. The fraction of sp³-hybridized carbons (Fsp3) is 0.481. The summed E-state index contributed by atoms with van der Waals surface area (Å²) in [6.45, 7) is 50.2. The summed E-state index contributed by atoms with van der Waals surface area (Å²) in [5.41, 5.74) is -0.397. The van der Waals surface area contributed by atoms with Crippen LogP contribution < -0.4 is 96.1 Å². The smallest absolute Gasteiger partial charge is 0.855 e. The molecule has 0 bridgehead atoms. The normalized spacial score (nSPS) is 10.5. The Bertz CT molecular complexity index is 3570. The quantitative estimate of drug-likeness (QED) is 0.00909. The van der Waals surface area contributed by atoms with Crippen molar-refractivity contribution < 1.29 is 161 Å². The van der Waals surface area contributed by atoms with Gasteiger partial charge >= 0.3 is 73.2 Å². The SMILES string of the molecule is C.CCOc1ccnc(C(=O)O)c1O.CCOc1ccncc1OCOCC[Si](C)(C)C.CC[O-].C[C-](C)C.C[C-](C)C.C[Si](C)(C)CCOCCl.C[Si](C)(C)CCOCOc1cccnc1.C[Si](C)(C)CCOCOc1cnccc1F.O=S(=O)(c1ccccc1)N(F)S(=O)(=O)c1ccccc1.Oc1cccnc1.[Li+].[Li+].[Na+]. The molecule has 5 aromatic heterocycles. The van der Waals surface area contributed by atoms with Gasteiger partial charge in [0.1, 0.15) is 17.6 Å². The van der Waals surface area contributed by atoms with Gasteiger partial charge in [-0.2, -0.15) is 41.5 Å². The molecular weight excluding hydrogens is 1580 g/mol. The van der Waals surface area contributed by atoms with Crippen LogP contribution in [0.1, 0.15) is 80.2 Å². The first-order chi connectivity index (χ1) is 51.0. The number of rotatable bonds is 31. The van der Waals surface area contributed by atoms with Crippen molar-refractivity contribution >= 4 is 69.9 Å². The van der Waals surface area contributed by atoms with Gasteiger partial charge in [0.2, 0.25) is 0 Å². The molecule has 7 aromatic rings. The summed E-state index contributed by atoms with van der Waals surface area (Å²) in [4.78, 5) is 28.5. The Morgan fingerprint density at radius 1 is 0.496 bits per heavy atom. The van der Waals surface area contributed by atoms with Crippen molar-refractivity contribution in [2.75, 3.05) is 72.7 Å². The number of aromatic carboxylic acids is 1. The van der Waals surface area contributed by atoms with Crippen molar-refractivity contribution in [3.63, 3.8) is 0 Å². The molecule has 5 heterocycles. The first-order valence-corrected chi connectivity index (χ1v) is 53.3. The minimum atomic E-state index is -4.77. The molecule has 3 N–H and O–H groups in total. The number of hydrogen-bond donors (Lipinski definition) is 3. The Labute approximate surface area is 730 Å². The first-order valence-electron chi connectivity index (χ1n) is 35.1. The molecule has 0 unspecified atom stereocenters. The molecule has 0 aliphatic rings. The van der Waals surface area contributed by atoms with E-state index in [-0.39, 0.29) is 112 Å². The molecule has 624 valence electrons. The number of ether oxygens (including phenoxy) is 9. The zero-order valence-corrected chi connectivity index (χ0v) is 79.1. The van der Waals surface area contributed by atoms with Crippen LogP contribution in [0.4, 0.5) is 8.87 Å². The van der Waals surface area contributed by atoms with E-state index in [9.17, 15) is 35.6 Å². The van der Waals surface area contributed by atoms with Crippen molar-refractivity contribution in [3.05, 3.63) is 182 Å². The maximum absolute atomic E-state index is 14.0. The third-order valence-corrected chi connectivity index (χ3v) is 22.5. The largest absolute Gasteiger partial charge is 1.00 e. The number of aromatic nitrogens is 5. The summed E-state index contributed by atoms with van der Waals surface area (Å²) in [6.07, 6.45) is 13.7. The van der Waals surface area contributed by atoms with Gasteiger partial charge in [-0.1, -0.05) is 141 Å². The van der Waals surface area contributed by atoms with Crippen LogP contribution in [-0.2, 0) is 39.0 Å². The number of pyridine rings is 5. The number of hydrogen-bond acceptors (Lipinski definition) is 22. The predicted molar refractivity (Wildman–Crippen MR) is 445 cm³/mol. The van der Waals surface area contributed by atoms with Crippen LogP contribution in [0.15, 0.2) is 169 Å². The number of carbonyl (C=O) groups is 1. The van der Waals surface area contributed by atoms with Crippen LogP contribution in [0.2, 0.25) is 103 Å². The number of halogens is 3. The second kappa shape index (κ2) is 70.2. The van der Waals surface area contributed by atoms with Crippen LogP contribution in [-0.4, -0.2) is 172 Å². The van der Waals surface area contributed by atoms with Crippen LogP contribution in [0.3, 0.4) is 0 Å². The van der Waals surface area contributed by atoms with Gasteiger partial charge in [0, 0.05) is 102 Å². The fourth-order valence-corrected chi connectivity index (χ4v) is 12.4. The molecule has 0 saturated heterocycles. The van der Waals surface area contributed by atoms with E-state index in [1.54, 1.807) is 63.0 Å². The second-order valence-electron chi connectivity index (χ2n) is 28.6. The molecule has 24 nitrogen and oxygen atoms in total. The van der Waals surface area contributed by atoms with Crippen molar-refractivity contribution in [3.8, 4) is 40.2 Å². The minimum absolute atomic E-state index is 0. The molecular formula is C77H126ClF2Li2N6NaO18S2Si4. The van der Waals surface area contributed by atoms with Crippen LogP contribution in [0.25, 0.3) is 0 Å². The molecule has 0 fully saturated rings. The van der Waals surface area contributed by atoms with Crippen LogP contribution in [0.5, 0.6) is 40.2 Å². The van der Waals surface area contributed by atoms with E-state index >= 15 is 0 Å². The van der Waals surface area contributed by atoms with Crippen LogP contribution >= 0.6 is 11.6 Å². The van der Waals surface area contributed by atoms with Crippen LogP contribution in [0, 0.1) is 17.7 Å². The topological polar surface area (TPSA) is 320 Å². The van der Waals surface area contributed by atoms with Crippen molar-refractivity contribution in [1.82, 2.24) is 28.9 Å². The summed E-state index contributed by atoms with van der Waals surface area (Å²) >= 11 is 5.32. The maximum atomic E-state index is 14.0. The molecule has 0 atom stereocenters. The molecule has 0 radical (unpaired) electrons.